The number of aliphatic carboxylic acids is 1. The molecule has 3 saturated carbocycles. The summed E-state index contributed by atoms with van der Waals surface area (Å²) in [5, 5.41) is 83.7. The van der Waals surface area contributed by atoms with Gasteiger partial charge in [0.2, 0.25) is 5.78 Å². The second kappa shape index (κ2) is 16.0. The normalized spacial score (nSPS) is 47.1. The third-order valence-corrected chi connectivity index (χ3v) is 14.9. The lowest BCUT2D eigenvalue weighted by molar-refractivity contribution is -0.369. The van der Waals surface area contributed by atoms with Crippen molar-refractivity contribution in [2.75, 3.05) is 6.61 Å². The van der Waals surface area contributed by atoms with Crippen LogP contribution in [0.4, 0.5) is 0 Å². The van der Waals surface area contributed by atoms with Crippen LogP contribution in [0.2, 0.25) is 0 Å². The first-order valence-corrected chi connectivity index (χ1v) is 20.1. The van der Waals surface area contributed by atoms with Crippen LogP contribution in [0.25, 0.3) is 0 Å². The fraction of sp³-hybridized carbons (Fsp3) is 0.875. The van der Waals surface area contributed by atoms with Gasteiger partial charge in [0.25, 0.3) is 0 Å². The zero-order valence-electron chi connectivity index (χ0n) is 32.7. The molecule has 6 aliphatic rings. The predicted molar refractivity (Wildman–Crippen MR) is 192 cm³/mol. The number of carbonyl (C=O) groups excluding carboxylic acids is 2. The van der Waals surface area contributed by atoms with Crippen LogP contribution in [-0.2, 0) is 33.3 Å². The fourth-order valence-corrected chi connectivity index (χ4v) is 11.5. The predicted octanol–water partition coefficient (Wildman–Crippen LogP) is 1.62. The van der Waals surface area contributed by atoms with Crippen LogP contribution in [0.5, 0.6) is 0 Å². The van der Waals surface area contributed by atoms with Crippen molar-refractivity contribution in [3.8, 4) is 0 Å². The third kappa shape index (κ3) is 7.33. The number of carboxylic acids is 1. The van der Waals surface area contributed by atoms with Crippen LogP contribution in [0.3, 0.4) is 0 Å². The number of aliphatic hydroxyl groups is 7. The number of rotatable bonds is 11. The van der Waals surface area contributed by atoms with E-state index >= 15 is 0 Å². The highest BCUT2D eigenvalue weighted by molar-refractivity contribution is 6.00. The highest BCUT2D eigenvalue weighted by Crippen LogP contribution is 2.67. The molecule has 0 amide bonds. The van der Waals surface area contributed by atoms with E-state index in [4.69, 9.17) is 18.9 Å². The second-order valence-corrected chi connectivity index (χ2v) is 18.3. The van der Waals surface area contributed by atoms with Crippen molar-refractivity contribution in [1.82, 2.24) is 0 Å². The van der Waals surface area contributed by atoms with E-state index in [9.17, 15) is 55.2 Å². The van der Waals surface area contributed by atoms with Gasteiger partial charge in [-0.15, -0.1) is 0 Å². The molecule has 8 N–H and O–H groups in total. The van der Waals surface area contributed by atoms with Gasteiger partial charge in [-0.25, -0.2) is 4.79 Å². The monoisotopic (exact) mass is 782 g/mol. The van der Waals surface area contributed by atoms with Gasteiger partial charge in [-0.05, 0) is 85.5 Å². The molecule has 4 aliphatic carbocycles. The van der Waals surface area contributed by atoms with Crippen LogP contribution in [0, 0.1) is 52.3 Å². The van der Waals surface area contributed by atoms with Crippen LogP contribution >= 0.6 is 0 Å². The average molecular weight is 783 g/mol. The van der Waals surface area contributed by atoms with Crippen LogP contribution in [0.1, 0.15) is 92.9 Å². The van der Waals surface area contributed by atoms with Gasteiger partial charge in [0.15, 0.2) is 24.4 Å². The van der Waals surface area contributed by atoms with Gasteiger partial charge in [0.1, 0.15) is 48.5 Å². The Balaban J connectivity index is 1.16. The summed E-state index contributed by atoms with van der Waals surface area (Å²) < 4.78 is 23.3. The molecular weight excluding hydrogens is 720 g/mol. The minimum absolute atomic E-state index is 0.0491. The molecule has 2 heterocycles. The standard InChI is InChI=1S/C40H62O15/c1-16(2)18(4)23(42)13-17(3)25-28(44)29(45)26-21-8-7-19-14-20(9-11-39(19,5)22(21)10-12-40(25,26)6)52-38-35(32(48)31(47)34(54-38)36(50)51)55-37-33(49)30(46)27(43)24(15-41)53-37/h16-22,24,26-27,30-35,37-38,41,43-44,46-49H,7-15H2,1-6H3,(H,50,51)/t17-,18-,19+,20+,21?,22+,24-,26+,27-,30+,31+,32+,33-,34+,35-,37+,38-,39+,40-/m1/s1. The largest absolute Gasteiger partial charge is 0.504 e. The molecule has 19 atom stereocenters. The van der Waals surface area contributed by atoms with Crippen molar-refractivity contribution >= 4 is 17.5 Å². The van der Waals surface area contributed by atoms with Gasteiger partial charge >= 0.3 is 5.97 Å². The van der Waals surface area contributed by atoms with Crippen LogP contribution in [0.15, 0.2) is 11.3 Å². The van der Waals surface area contributed by atoms with Crippen molar-refractivity contribution in [2.24, 2.45) is 52.3 Å². The van der Waals surface area contributed by atoms with Crippen LogP contribution < -0.4 is 0 Å². The maximum Gasteiger partial charge on any atom is 0.335 e. The summed E-state index contributed by atoms with van der Waals surface area (Å²) in [6.45, 7) is 11.6. The van der Waals surface area contributed by atoms with Gasteiger partial charge in [0.05, 0.1) is 12.7 Å². The summed E-state index contributed by atoms with van der Waals surface area (Å²) in [7, 11) is 0. The van der Waals surface area contributed by atoms with E-state index in [-0.39, 0.29) is 70.6 Å². The molecule has 5 fully saturated rings. The number of fused-ring (bicyclic) bond motifs is 5. The number of carbonyl (C=O) groups is 3. The summed E-state index contributed by atoms with van der Waals surface area (Å²) in [4.78, 5) is 39.1. The first-order valence-electron chi connectivity index (χ1n) is 20.1. The molecule has 15 heteroatoms. The quantitative estimate of drug-likeness (QED) is 0.139. The van der Waals surface area contributed by atoms with Crippen molar-refractivity contribution < 1.29 is 74.2 Å². The molecule has 2 saturated heterocycles. The molecule has 6 rings (SSSR count). The molecule has 0 spiro atoms. The van der Waals surface area contributed by atoms with E-state index in [0.29, 0.717) is 25.7 Å². The van der Waals surface area contributed by atoms with Crippen molar-refractivity contribution in [1.29, 1.82) is 0 Å². The Labute approximate surface area is 322 Å². The molecular formula is C40H62O15. The maximum absolute atomic E-state index is 14.0. The number of aliphatic hydroxyl groups excluding tert-OH is 7. The highest BCUT2D eigenvalue weighted by Gasteiger charge is 2.64. The Morgan fingerprint density at radius 3 is 2.18 bits per heavy atom. The lowest BCUT2D eigenvalue weighted by Gasteiger charge is -2.60. The van der Waals surface area contributed by atoms with Gasteiger partial charge in [-0.3, -0.25) is 9.59 Å². The summed E-state index contributed by atoms with van der Waals surface area (Å²) in [5.41, 5.74) is 0.0257. The lowest BCUT2D eigenvalue weighted by atomic mass is 9.44. The molecule has 15 nitrogen and oxygen atoms in total. The minimum Gasteiger partial charge on any atom is -0.504 e. The molecule has 0 aromatic carbocycles. The van der Waals surface area contributed by atoms with E-state index in [1.807, 2.05) is 27.7 Å². The Kier molecular flexibility index (Phi) is 12.3. The SMILES string of the molecule is CC(C)[C@@H](C)C(=O)C[C@@H](C)C1=C(O)C(=O)[C@@H]2C3CC[C@H]4C[C@@H](O[C@@H]5O[C@H](C(=O)O)[C@@H](O)[C@H](O)[C@H]5O[C@@H]5O[C@H](CO)[C@@H](O)[C@H](O)[C@H]5O)CC[C@]4(C)[C@H]3CC[C@]12C. The van der Waals surface area contributed by atoms with E-state index in [1.54, 1.807) is 0 Å². The number of hydrogen-bond donors (Lipinski definition) is 8. The third-order valence-electron chi connectivity index (χ3n) is 14.9. The number of Topliss-reactive ketones (excluding diaryl/α,β-unsaturated/α-hetero) is 2. The summed E-state index contributed by atoms with van der Waals surface area (Å²) in [6.07, 6.45) is -12.4. The minimum atomic E-state index is -1.95. The van der Waals surface area contributed by atoms with Gasteiger partial charge in [-0.1, -0.05) is 41.5 Å². The summed E-state index contributed by atoms with van der Waals surface area (Å²) in [6, 6.07) is 0. The number of hydrogen-bond acceptors (Lipinski definition) is 14. The molecule has 0 aromatic heterocycles. The van der Waals surface area contributed by atoms with Crippen molar-refractivity contribution in [2.45, 2.75) is 160 Å². The molecule has 0 bridgehead atoms. The Hall–Kier alpha value is -2.05. The molecule has 55 heavy (non-hydrogen) atoms. The highest BCUT2D eigenvalue weighted by atomic mass is 16.8. The fourth-order valence-electron chi connectivity index (χ4n) is 11.5. The van der Waals surface area contributed by atoms with E-state index < -0.39 is 85.5 Å². The van der Waals surface area contributed by atoms with E-state index in [2.05, 4.69) is 13.8 Å². The number of ketones is 2. The average Bonchev–Trinajstić information content (AvgIpc) is 3.34. The van der Waals surface area contributed by atoms with Crippen molar-refractivity contribution in [3.05, 3.63) is 11.3 Å². The van der Waals surface area contributed by atoms with Crippen LogP contribution in [-0.4, -0.2) is 133 Å². The van der Waals surface area contributed by atoms with E-state index in [0.717, 1.165) is 24.8 Å². The van der Waals surface area contributed by atoms with Crippen molar-refractivity contribution in [3.63, 3.8) is 0 Å². The zero-order chi connectivity index (χ0) is 40.5. The smallest absolute Gasteiger partial charge is 0.335 e. The first-order chi connectivity index (χ1) is 25.8. The number of carboxylic acid groups (broad SMARTS) is 1. The Bertz CT molecular complexity index is 1480. The second-order valence-electron chi connectivity index (χ2n) is 18.3. The summed E-state index contributed by atoms with van der Waals surface area (Å²) in [5.74, 6) is -1.91. The molecule has 1 unspecified atom stereocenters. The Morgan fingerprint density at radius 2 is 1.55 bits per heavy atom. The lowest BCUT2D eigenvalue weighted by Crippen LogP contribution is -2.65. The number of allylic oxidation sites excluding steroid dienone is 2. The molecule has 0 radical (unpaired) electrons. The topological polar surface area (TPSA) is 250 Å². The van der Waals surface area contributed by atoms with Gasteiger partial charge < -0.3 is 59.8 Å². The van der Waals surface area contributed by atoms with Gasteiger partial charge in [0, 0.05) is 23.7 Å². The van der Waals surface area contributed by atoms with Gasteiger partial charge in [-0.2, -0.15) is 0 Å². The first kappa shape index (κ1) is 42.6. The molecule has 0 aromatic rings. The molecule has 312 valence electrons. The summed E-state index contributed by atoms with van der Waals surface area (Å²) >= 11 is 0. The van der Waals surface area contributed by atoms with E-state index in [1.165, 1.54) is 0 Å². The molecule has 2 aliphatic heterocycles. The Morgan fingerprint density at radius 1 is 0.855 bits per heavy atom. The maximum atomic E-state index is 14.0. The zero-order valence-corrected chi connectivity index (χ0v) is 32.7. The number of ether oxygens (including phenoxy) is 4.